The first kappa shape index (κ1) is 21.3. The van der Waals surface area contributed by atoms with Gasteiger partial charge in [0.05, 0.1) is 12.5 Å². The molecule has 3 saturated heterocycles. The van der Waals surface area contributed by atoms with E-state index in [4.69, 9.17) is 11.6 Å². The van der Waals surface area contributed by atoms with E-state index in [1.165, 1.54) is 18.2 Å². The van der Waals surface area contributed by atoms with Crippen LogP contribution in [0.4, 0.5) is 4.39 Å². The quantitative estimate of drug-likeness (QED) is 0.772. The molecule has 3 aliphatic heterocycles. The van der Waals surface area contributed by atoms with Crippen molar-refractivity contribution in [2.75, 3.05) is 19.6 Å². The number of halogens is 3. The van der Waals surface area contributed by atoms with E-state index in [1.54, 1.807) is 0 Å². The van der Waals surface area contributed by atoms with E-state index in [2.05, 4.69) is 15.5 Å². The van der Waals surface area contributed by atoms with Gasteiger partial charge in [0.25, 0.3) is 0 Å². The summed E-state index contributed by atoms with van der Waals surface area (Å²) in [4.78, 5) is 27.1. The molecule has 0 aromatic heterocycles. The molecule has 3 fully saturated rings. The molecule has 0 saturated carbocycles. The lowest BCUT2D eigenvalue weighted by Crippen LogP contribution is -2.66. The van der Waals surface area contributed by atoms with Gasteiger partial charge >= 0.3 is 0 Å². The average Bonchev–Trinajstić information content (AvgIpc) is 2.65. The van der Waals surface area contributed by atoms with Gasteiger partial charge in [-0.3, -0.25) is 9.59 Å². The zero-order valence-corrected chi connectivity index (χ0v) is 17.2. The van der Waals surface area contributed by atoms with Crippen molar-refractivity contribution in [1.82, 2.24) is 15.5 Å². The molecule has 2 N–H and O–H groups in total. The molecule has 154 valence electrons. The second kappa shape index (κ2) is 8.97. The summed E-state index contributed by atoms with van der Waals surface area (Å²) >= 11 is 6.02. The Kier molecular flexibility index (Phi) is 6.84. The first-order chi connectivity index (χ1) is 13.0. The van der Waals surface area contributed by atoms with Crippen LogP contribution in [-0.2, 0) is 16.0 Å². The van der Waals surface area contributed by atoms with Crippen molar-refractivity contribution in [1.29, 1.82) is 0 Å². The maximum Gasteiger partial charge on any atom is 0.224 e. The van der Waals surface area contributed by atoms with E-state index in [1.807, 2.05) is 0 Å². The lowest BCUT2D eigenvalue weighted by Gasteiger charge is -2.54. The largest absolute Gasteiger partial charge is 0.354 e. The van der Waals surface area contributed by atoms with Crippen molar-refractivity contribution >= 4 is 35.8 Å². The topological polar surface area (TPSA) is 61.4 Å². The number of hydrogen-bond donors (Lipinski definition) is 2. The zero-order valence-electron chi connectivity index (χ0n) is 15.6. The summed E-state index contributed by atoms with van der Waals surface area (Å²) in [6.45, 7) is 2.32. The molecule has 4 atom stereocenters. The first-order valence-corrected chi connectivity index (χ1v) is 10.1. The molecular weight excluding hydrogens is 404 g/mol. The number of nitrogens with zero attached hydrogens (tertiary/aromatic N) is 1. The first-order valence-electron chi connectivity index (χ1n) is 9.75. The van der Waals surface area contributed by atoms with Gasteiger partial charge in [0, 0.05) is 30.6 Å². The summed E-state index contributed by atoms with van der Waals surface area (Å²) in [5, 5.41) is 6.75. The number of hydrogen-bond acceptors (Lipinski definition) is 3. The number of nitrogens with one attached hydrogen (secondary N) is 2. The SMILES string of the molecule is Cl.O=C(Cc1ccc(F)cc1Cl)NC[C@H]1[C@@H]2CNC[C@@H](C2)[C@@H]2CCCC(=O)N21. The summed E-state index contributed by atoms with van der Waals surface area (Å²) in [6, 6.07) is 4.40. The van der Waals surface area contributed by atoms with Crippen LogP contribution in [0.15, 0.2) is 18.2 Å². The Morgan fingerprint density at radius 1 is 1.32 bits per heavy atom. The molecule has 28 heavy (non-hydrogen) atoms. The van der Waals surface area contributed by atoms with Crippen LogP contribution in [0.25, 0.3) is 0 Å². The van der Waals surface area contributed by atoms with Crippen molar-refractivity contribution in [3.8, 4) is 0 Å². The van der Waals surface area contributed by atoms with E-state index < -0.39 is 5.82 Å². The number of fused-ring (bicyclic) bond motifs is 4. The Labute approximate surface area is 175 Å². The van der Waals surface area contributed by atoms with Gasteiger partial charge in [-0.15, -0.1) is 12.4 Å². The highest BCUT2D eigenvalue weighted by atomic mass is 35.5. The van der Waals surface area contributed by atoms with E-state index in [0.29, 0.717) is 36.4 Å². The molecule has 2 amide bonds. The zero-order chi connectivity index (χ0) is 19.0. The van der Waals surface area contributed by atoms with Crippen LogP contribution in [0.3, 0.4) is 0 Å². The molecule has 0 aliphatic carbocycles. The van der Waals surface area contributed by atoms with Gasteiger partial charge in [0.1, 0.15) is 5.82 Å². The molecule has 5 nitrogen and oxygen atoms in total. The van der Waals surface area contributed by atoms with Gasteiger partial charge in [0.15, 0.2) is 0 Å². The molecule has 8 heteroatoms. The van der Waals surface area contributed by atoms with Crippen LogP contribution < -0.4 is 10.6 Å². The molecule has 1 aromatic rings. The standard InChI is InChI=1S/C20H25ClFN3O2.ClH/c21-16-8-15(22)5-4-12(16)7-19(26)24-11-18-14-6-13(9-23-10-14)17-2-1-3-20(27)25(17)18;/h4-5,8,13-14,17-18,23H,1-3,6-7,9-11H2,(H,24,26);1H/t13-,14+,17+,18+;/m1./s1. The highest BCUT2D eigenvalue weighted by molar-refractivity contribution is 6.31. The normalized spacial score (nSPS) is 28.9. The molecule has 1 aromatic carbocycles. The number of carbonyl (C=O) groups is 2. The van der Waals surface area contributed by atoms with E-state index in [0.717, 1.165) is 32.4 Å². The van der Waals surface area contributed by atoms with E-state index >= 15 is 0 Å². The van der Waals surface area contributed by atoms with Crippen LogP contribution in [-0.4, -0.2) is 48.4 Å². The van der Waals surface area contributed by atoms with Crippen LogP contribution in [0.1, 0.15) is 31.2 Å². The van der Waals surface area contributed by atoms with Crippen LogP contribution in [0.5, 0.6) is 0 Å². The highest BCUT2D eigenvalue weighted by Gasteiger charge is 2.47. The van der Waals surface area contributed by atoms with Gasteiger partial charge in [-0.05, 0) is 55.3 Å². The molecular formula is C20H26Cl2FN3O2. The van der Waals surface area contributed by atoms with E-state index in [-0.39, 0.29) is 41.7 Å². The summed E-state index contributed by atoms with van der Waals surface area (Å²) in [6.07, 6.45) is 3.85. The third-order valence-corrected chi connectivity index (χ3v) is 6.63. The summed E-state index contributed by atoms with van der Waals surface area (Å²) in [5.74, 6) is 0.550. The number of benzene rings is 1. The fourth-order valence-corrected chi connectivity index (χ4v) is 5.25. The fourth-order valence-electron chi connectivity index (χ4n) is 5.02. The molecule has 0 unspecified atom stereocenters. The minimum Gasteiger partial charge on any atom is -0.354 e. The lowest BCUT2D eigenvalue weighted by atomic mass is 9.72. The number of rotatable bonds is 4. The Hall–Kier alpha value is -1.37. The van der Waals surface area contributed by atoms with Crippen LogP contribution >= 0.6 is 24.0 Å². The van der Waals surface area contributed by atoms with Crippen LogP contribution in [0, 0.1) is 17.7 Å². The molecule has 3 heterocycles. The minimum atomic E-state index is -0.416. The summed E-state index contributed by atoms with van der Waals surface area (Å²) in [5.41, 5.74) is 0.602. The van der Waals surface area contributed by atoms with Gasteiger partial charge in [-0.1, -0.05) is 17.7 Å². The lowest BCUT2D eigenvalue weighted by molar-refractivity contribution is -0.149. The van der Waals surface area contributed by atoms with Gasteiger partial charge < -0.3 is 15.5 Å². The fraction of sp³-hybridized carbons (Fsp3) is 0.600. The Bertz CT molecular complexity index is 748. The minimum absolute atomic E-state index is 0. The van der Waals surface area contributed by atoms with Gasteiger partial charge in [-0.25, -0.2) is 4.39 Å². The van der Waals surface area contributed by atoms with Crippen molar-refractivity contribution in [3.63, 3.8) is 0 Å². The smallest absolute Gasteiger partial charge is 0.224 e. The third-order valence-electron chi connectivity index (χ3n) is 6.27. The average molecular weight is 430 g/mol. The van der Waals surface area contributed by atoms with Crippen LogP contribution in [0.2, 0.25) is 5.02 Å². The number of piperidine rings is 3. The van der Waals surface area contributed by atoms with Gasteiger partial charge in [-0.2, -0.15) is 0 Å². The maximum atomic E-state index is 13.2. The van der Waals surface area contributed by atoms with Crippen molar-refractivity contribution < 1.29 is 14.0 Å². The Morgan fingerprint density at radius 3 is 2.89 bits per heavy atom. The molecule has 4 rings (SSSR count). The predicted molar refractivity (Wildman–Crippen MR) is 108 cm³/mol. The molecule has 2 bridgehead atoms. The maximum absolute atomic E-state index is 13.2. The van der Waals surface area contributed by atoms with Crippen molar-refractivity contribution in [2.45, 2.75) is 44.2 Å². The van der Waals surface area contributed by atoms with Crippen molar-refractivity contribution in [2.24, 2.45) is 11.8 Å². The Morgan fingerprint density at radius 2 is 2.11 bits per heavy atom. The van der Waals surface area contributed by atoms with E-state index in [9.17, 15) is 14.0 Å². The summed E-state index contributed by atoms with van der Waals surface area (Å²) < 4.78 is 13.2. The van der Waals surface area contributed by atoms with Crippen molar-refractivity contribution in [3.05, 3.63) is 34.6 Å². The number of amides is 2. The second-order valence-corrected chi connectivity index (χ2v) is 8.37. The second-order valence-electron chi connectivity index (χ2n) is 7.96. The summed E-state index contributed by atoms with van der Waals surface area (Å²) in [7, 11) is 0. The molecule has 0 spiro atoms. The monoisotopic (exact) mass is 429 g/mol. The number of carbonyl (C=O) groups excluding carboxylic acids is 2. The molecule has 3 aliphatic rings. The Balaban J connectivity index is 0.00000225. The molecule has 0 radical (unpaired) electrons. The highest BCUT2D eigenvalue weighted by Crippen LogP contribution is 2.39. The third kappa shape index (κ3) is 4.29. The predicted octanol–water partition coefficient (Wildman–Crippen LogP) is 2.55. The van der Waals surface area contributed by atoms with Gasteiger partial charge in [0.2, 0.25) is 11.8 Å².